The van der Waals surface area contributed by atoms with Crippen LogP contribution in [0.1, 0.15) is 4.88 Å². The van der Waals surface area contributed by atoms with Gasteiger partial charge in [0.15, 0.2) is 0 Å². The van der Waals surface area contributed by atoms with Crippen LogP contribution < -0.4 is 16.0 Å². The van der Waals surface area contributed by atoms with E-state index in [1.54, 1.807) is 0 Å². The highest BCUT2D eigenvalue weighted by Crippen LogP contribution is 2.23. The molecule has 0 amide bonds. The minimum absolute atomic E-state index is 0.114. The van der Waals surface area contributed by atoms with Gasteiger partial charge in [0.1, 0.15) is 5.82 Å². The molecule has 0 fully saturated rings. The Labute approximate surface area is 123 Å². The molecule has 2 rings (SSSR count). The topological polar surface area (TPSA) is 97.1 Å². The van der Waals surface area contributed by atoms with Crippen molar-refractivity contribution < 1.29 is 8.42 Å². The third-order valence-corrected chi connectivity index (χ3v) is 5.63. The fraction of sp³-hybridized carbons (Fsp3) is 0.100. The Morgan fingerprint density at radius 2 is 2.21 bits per heavy atom. The fourth-order valence-electron chi connectivity index (χ4n) is 1.35. The number of aromatic nitrogens is 1. The predicted molar refractivity (Wildman–Crippen MR) is 78.1 cm³/mol. The quantitative estimate of drug-likeness (QED) is 0.555. The largest absolute Gasteiger partial charge is 0.308 e. The highest BCUT2D eigenvalue weighted by atomic mass is 79.9. The highest BCUT2D eigenvalue weighted by molar-refractivity contribution is 9.10. The molecule has 0 aromatic carbocycles. The first-order valence-corrected chi connectivity index (χ1v) is 8.33. The van der Waals surface area contributed by atoms with Crippen molar-refractivity contribution in [3.8, 4) is 0 Å². The smallest absolute Gasteiger partial charge is 0.241 e. The van der Waals surface area contributed by atoms with E-state index in [2.05, 4.69) is 31.1 Å². The molecular formula is C10H11BrN4O2S2. The molecule has 6 nitrogen and oxygen atoms in total. The number of pyridine rings is 1. The number of rotatable bonds is 5. The van der Waals surface area contributed by atoms with Crippen LogP contribution in [-0.4, -0.2) is 13.4 Å². The van der Waals surface area contributed by atoms with Gasteiger partial charge in [0, 0.05) is 28.2 Å². The lowest BCUT2D eigenvalue weighted by atomic mass is 10.5. The van der Waals surface area contributed by atoms with Crippen molar-refractivity contribution in [2.24, 2.45) is 5.84 Å². The molecule has 19 heavy (non-hydrogen) atoms. The number of nitrogen functional groups attached to an aromatic ring is 1. The van der Waals surface area contributed by atoms with Crippen molar-refractivity contribution in [1.82, 2.24) is 9.71 Å². The number of hydrogen-bond acceptors (Lipinski definition) is 6. The lowest BCUT2D eigenvalue weighted by molar-refractivity contribution is 0.581. The van der Waals surface area contributed by atoms with Crippen molar-refractivity contribution in [1.29, 1.82) is 0 Å². The SMILES string of the molecule is NNc1cc(S(=O)(=O)NCc2sccc2Br)ccn1. The Kier molecular flexibility index (Phi) is 4.53. The zero-order valence-corrected chi connectivity index (χ0v) is 12.8. The molecule has 2 aromatic heterocycles. The number of halogens is 1. The minimum Gasteiger partial charge on any atom is -0.308 e. The van der Waals surface area contributed by atoms with Gasteiger partial charge < -0.3 is 5.43 Å². The Hall–Kier alpha value is -1.00. The Balaban J connectivity index is 2.16. The molecule has 0 saturated heterocycles. The average Bonchev–Trinajstić information content (AvgIpc) is 2.82. The summed E-state index contributed by atoms with van der Waals surface area (Å²) >= 11 is 4.83. The molecule has 0 aliphatic rings. The number of sulfonamides is 1. The summed E-state index contributed by atoms with van der Waals surface area (Å²) < 4.78 is 27.6. The van der Waals surface area contributed by atoms with Crippen molar-refractivity contribution in [2.45, 2.75) is 11.4 Å². The maximum Gasteiger partial charge on any atom is 0.241 e. The van der Waals surface area contributed by atoms with Crippen LogP contribution in [0.4, 0.5) is 5.82 Å². The van der Waals surface area contributed by atoms with Gasteiger partial charge in [-0.3, -0.25) is 0 Å². The molecule has 2 aromatic rings. The minimum atomic E-state index is -3.59. The molecule has 4 N–H and O–H groups in total. The first-order chi connectivity index (χ1) is 9.03. The second-order valence-corrected chi connectivity index (χ2v) is 7.16. The molecule has 0 spiro atoms. The molecule has 0 aliphatic carbocycles. The molecule has 0 unspecified atom stereocenters. The fourth-order valence-corrected chi connectivity index (χ4v) is 3.88. The van der Waals surface area contributed by atoms with Crippen LogP contribution in [0.15, 0.2) is 39.1 Å². The summed E-state index contributed by atoms with van der Waals surface area (Å²) in [7, 11) is -3.59. The first kappa shape index (κ1) is 14.4. The lowest BCUT2D eigenvalue weighted by Crippen LogP contribution is -2.23. The molecule has 0 atom stereocenters. The predicted octanol–water partition coefficient (Wildman–Crippen LogP) is 1.67. The monoisotopic (exact) mass is 362 g/mol. The van der Waals surface area contributed by atoms with Gasteiger partial charge in [-0.25, -0.2) is 24.0 Å². The molecule has 0 radical (unpaired) electrons. The highest BCUT2D eigenvalue weighted by Gasteiger charge is 2.15. The second kappa shape index (κ2) is 5.97. The standard InChI is InChI=1S/C10H11BrN4O2S2/c11-8-2-4-18-9(8)6-14-19(16,17)7-1-3-13-10(5-7)15-12/h1-5,14H,6,12H2,(H,13,15). The van der Waals surface area contributed by atoms with E-state index in [-0.39, 0.29) is 11.4 Å². The van der Waals surface area contributed by atoms with Gasteiger partial charge in [-0.15, -0.1) is 11.3 Å². The summed E-state index contributed by atoms with van der Waals surface area (Å²) in [5.74, 6) is 5.49. The zero-order valence-electron chi connectivity index (χ0n) is 9.63. The molecule has 2 heterocycles. The zero-order chi connectivity index (χ0) is 13.9. The van der Waals surface area contributed by atoms with Crippen LogP contribution >= 0.6 is 27.3 Å². The van der Waals surface area contributed by atoms with Gasteiger partial charge in [-0.2, -0.15) is 0 Å². The summed E-state index contributed by atoms with van der Waals surface area (Å²) in [5, 5.41) is 1.89. The maximum atomic E-state index is 12.1. The normalized spacial score (nSPS) is 11.5. The van der Waals surface area contributed by atoms with Crippen LogP contribution in [-0.2, 0) is 16.6 Å². The number of nitrogens with zero attached hydrogens (tertiary/aromatic N) is 1. The van der Waals surface area contributed by atoms with Crippen LogP contribution in [0.3, 0.4) is 0 Å². The molecule has 0 saturated carbocycles. The second-order valence-electron chi connectivity index (χ2n) is 3.54. The number of thiophene rings is 1. The number of hydrogen-bond donors (Lipinski definition) is 3. The van der Waals surface area contributed by atoms with Crippen LogP contribution in [0.5, 0.6) is 0 Å². The van der Waals surface area contributed by atoms with Gasteiger partial charge in [0.25, 0.3) is 0 Å². The molecule has 9 heteroatoms. The van der Waals surface area contributed by atoms with E-state index in [1.807, 2.05) is 11.4 Å². The van der Waals surface area contributed by atoms with E-state index < -0.39 is 10.0 Å². The van der Waals surface area contributed by atoms with Crippen molar-refractivity contribution >= 4 is 43.1 Å². The van der Waals surface area contributed by atoms with Gasteiger partial charge in [-0.05, 0) is 33.4 Å². The molecular weight excluding hydrogens is 352 g/mol. The van der Waals surface area contributed by atoms with E-state index in [0.29, 0.717) is 5.82 Å². The summed E-state index contributed by atoms with van der Waals surface area (Å²) in [6, 6.07) is 4.65. The van der Waals surface area contributed by atoms with E-state index in [4.69, 9.17) is 5.84 Å². The first-order valence-electron chi connectivity index (χ1n) is 5.17. The number of hydrazine groups is 1. The number of anilines is 1. The van der Waals surface area contributed by atoms with Gasteiger partial charge >= 0.3 is 0 Å². The van der Waals surface area contributed by atoms with Gasteiger partial charge in [-0.1, -0.05) is 0 Å². The van der Waals surface area contributed by atoms with E-state index >= 15 is 0 Å². The Bertz CT molecular complexity index is 672. The van der Waals surface area contributed by atoms with Crippen molar-refractivity contribution in [2.75, 3.05) is 5.43 Å². The van der Waals surface area contributed by atoms with E-state index in [1.165, 1.54) is 29.7 Å². The average molecular weight is 363 g/mol. The summed E-state index contributed by atoms with van der Waals surface area (Å²) in [6.45, 7) is 0.230. The molecule has 0 bridgehead atoms. The van der Waals surface area contributed by atoms with Crippen molar-refractivity contribution in [3.05, 3.63) is 39.1 Å². The van der Waals surface area contributed by atoms with Crippen LogP contribution in [0.25, 0.3) is 0 Å². The number of nitrogens with one attached hydrogen (secondary N) is 2. The van der Waals surface area contributed by atoms with Gasteiger partial charge in [0.05, 0.1) is 4.90 Å². The Morgan fingerprint density at radius 3 is 2.84 bits per heavy atom. The van der Waals surface area contributed by atoms with Crippen LogP contribution in [0, 0.1) is 0 Å². The summed E-state index contributed by atoms with van der Waals surface area (Å²) in [5.41, 5.74) is 2.31. The summed E-state index contributed by atoms with van der Waals surface area (Å²) in [6.07, 6.45) is 1.38. The summed E-state index contributed by atoms with van der Waals surface area (Å²) in [4.78, 5) is 4.89. The maximum absolute atomic E-state index is 12.1. The molecule has 102 valence electrons. The van der Waals surface area contributed by atoms with Crippen LogP contribution in [0.2, 0.25) is 0 Å². The van der Waals surface area contributed by atoms with E-state index in [0.717, 1.165) is 9.35 Å². The third-order valence-electron chi connectivity index (χ3n) is 2.30. The Morgan fingerprint density at radius 1 is 1.42 bits per heavy atom. The lowest BCUT2D eigenvalue weighted by Gasteiger charge is -2.07. The molecule has 0 aliphatic heterocycles. The third kappa shape index (κ3) is 3.51. The number of nitrogens with two attached hydrogens (primary N) is 1. The van der Waals surface area contributed by atoms with Gasteiger partial charge in [0.2, 0.25) is 10.0 Å². The van der Waals surface area contributed by atoms with E-state index in [9.17, 15) is 8.42 Å². The van der Waals surface area contributed by atoms with Crippen molar-refractivity contribution in [3.63, 3.8) is 0 Å².